The van der Waals surface area contributed by atoms with Crippen molar-refractivity contribution in [1.29, 1.82) is 0 Å². The third-order valence-electron chi connectivity index (χ3n) is 4.74. The zero-order valence-electron chi connectivity index (χ0n) is 12.8. The van der Waals surface area contributed by atoms with E-state index in [1.807, 2.05) is 0 Å². The molecule has 2 fully saturated rings. The van der Waals surface area contributed by atoms with Crippen LogP contribution in [0.5, 0.6) is 0 Å². The van der Waals surface area contributed by atoms with Gasteiger partial charge in [0.15, 0.2) is 0 Å². The highest BCUT2D eigenvalue weighted by molar-refractivity contribution is 4.77. The lowest BCUT2D eigenvalue weighted by atomic mass is 9.89. The molecule has 5 unspecified atom stereocenters. The Morgan fingerprint density at radius 1 is 1.20 bits per heavy atom. The van der Waals surface area contributed by atoms with E-state index in [2.05, 4.69) is 12.2 Å². The van der Waals surface area contributed by atoms with Gasteiger partial charge in [0.2, 0.25) is 0 Å². The molecule has 20 heavy (non-hydrogen) atoms. The number of aliphatic hydroxyl groups excluding tert-OH is 2. The van der Waals surface area contributed by atoms with E-state index in [1.165, 1.54) is 12.8 Å². The van der Waals surface area contributed by atoms with Crippen LogP contribution in [0.3, 0.4) is 0 Å². The Morgan fingerprint density at radius 3 is 2.75 bits per heavy atom. The highest BCUT2D eigenvalue weighted by atomic mass is 16.5. The standard InChI is InChI=1S/C16H31NO3/c1-12-3-2-4-16(7-12)20-11-15(19)10-17-9-13-5-6-14(18)8-13/h12-19H,2-11H2,1H3. The smallest absolute Gasteiger partial charge is 0.0897 e. The van der Waals surface area contributed by atoms with Crippen LogP contribution in [0.15, 0.2) is 0 Å². The molecule has 0 heterocycles. The fourth-order valence-electron chi connectivity index (χ4n) is 3.52. The minimum Gasteiger partial charge on any atom is -0.393 e. The lowest BCUT2D eigenvalue weighted by Crippen LogP contribution is -2.35. The Kier molecular flexibility index (Phi) is 6.75. The summed E-state index contributed by atoms with van der Waals surface area (Å²) in [5.74, 6) is 1.33. The second kappa shape index (κ2) is 8.32. The molecule has 3 N–H and O–H groups in total. The van der Waals surface area contributed by atoms with Gasteiger partial charge in [0.25, 0.3) is 0 Å². The molecule has 2 aliphatic rings. The Balaban J connectivity index is 1.50. The van der Waals surface area contributed by atoms with Crippen molar-refractivity contribution in [3.63, 3.8) is 0 Å². The van der Waals surface area contributed by atoms with E-state index in [-0.39, 0.29) is 6.10 Å². The lowest BCUT2D eigenvalue weighted by molar-refractivity contribution is -0.0307. The van der Waals surface area contributed by atoms with Gasteiger partial charge in [-0.2, -0.15) is 0 Å². The number of nitrogens with one attached hydrogen (secondary N) is 1. The maximum absolute atomic E-state index is 9.93. The molecule has 0 saturated heterocycles. The maximum atomic E-state index is 9.93. The monoisotopic (exact) mass is 285 g/mol. The second-order valence-corrected chi connectivity index (χ2v) is 6.87. The number of rotatable bonds is 7. The third kappa shape index (κ3) is 5.68. The van der Waals surface area contributed by atoms with Gasteiger partial charge in [-0.15, -0.1) is 0 Å². The van der Waals surface area contributed by atoms with E-state index in [0.717, 1.165) is 44.6 Å². The van der Waals surface area contributed by atoms with E-state index < -0.39 is 6.10 Å². The fraction of sp³-hybridized carbons (Fsp3) is 1.00. The molecular weight excluding hydrogens is 254 g/mol. The minimum atomic E-state index is -0.418. The molecule has 2 aliphatic carbocycles. The summed E-state index contributed by atoms with van der Waals surface area (Å²) in [6.07, 6.45) is 7.60. The first kappa shape index (κ1) is 16.2. The highest BCUT2D eigenvalue weighted by Gasteiger charge is 2.23. The molecule has 0 radical (unpaired) electrons. The molecule has 0 aromatic heterocycles. The van der Waals surface area contributed by atoms with Crippen molar-refractivity contribution >= 4 is 0 Å². The van der Waals surface area contributed by atoms with Crippen LogP contribution in [0.4, 0.5) is 0 Å². The topological polar surface area (TPSA) is 61.7 Å². The summed E-state index contributed by atoms with van der Waals surface area (Å²) in [6, 6.07) is 0. The molecular formula is C16H31NO3. The van der Waals surface area contributed by atoms with Gasteiger partial charge in [-0.05, 0) is 50.5 Å². The average molecular weight is 285 g/mol. The number of hydrogen-bond acceptors (Lipinski definition) is 4. The van der Waals surface area contributed by atoms with E-state index in [0.29, 0.717) is 25.2 Å². The molecule has 0 aliphatic heterocycles. The predicted octanol–water partition coefficient (Wildman–Crippen LogP) is 1.69. The summed E-state index contributed by atoms with van der Waals surface area (Å²) < 4.78 is 5.82. The van der Waals surface area contributed by atoms with Gasteiger partial charge in [0.1, 0.15) is 0 Å². The van der Waals surface area contributed by atoms with Crippen molar-refractivity contribution in [2.24, 2.45) is 11.8 Å². The van der Waals surface area contributed by atoms with Crippen LogP contribution in [0, 0.1) is 11.8 Å². The van der Waals surface area contributed by atoms with Crippen molar-refractivity contribution in [2.75, 3.05) is 19.7 Å². The molecule has 4 nitrogen and oxygen atoms in total. The van der Waals surface area contributed by atoms with Crippen molar-refractivity contribution in [3.05, 3.63) is 0 Å². The van der Waals surface area contributed by atoms with E-state index in [9.17, 15) is 10.2 Å². The molecule has 0 bridgehead atoms. The van der Waals surface area contributed by atoms with Crippen LogP contribution in [-0.2, 0) is 4.74 Å². The molecule has 0 aromatic carbocycles. The van der Waals surface area contributed by atoms with Crippen molar-refractivity contribution in [2.45, 2.75) is 70.2 Å². The number of aliphatic hydroxyl groups is 2. The molecule has 0 spiro atoms. The first-order valence-corrected chi connectivity index (χ1v) is 8.32. The fourth-order valence-corrected chi connectivity index (χ4v) is 3.52. The second-order valence-electron chi connectivity index (χ2n) is 6.87. The zero-order chi connectivity index (χ0) is 14.4. The van der Waals surface area contributed by atoms with Crippen molar-refractivity contribution in [1.82, 2.24) is 5.32 Å². The summed E-state index contributed by atoms with van der Waals surface area (Å²) in [6.45, 7) is 4.21. The third-order valence-corrected chi connectivity index (χ3v) is 4.74. The van der Waals surface area contributed by atoms with Crippen LogP contribution >= 0.6 is 0 Å². The SMILES string of the molecule is CC1CCCC(OCC(O)CNCC2CCC(O)C2)C1. The largest absolute Gasteiger partial charge is 0.393 e. The zero-order valence-corrected chi connectivity index (χ0v) is 12.8. The molecule has 0 aromatic rings. The molecule has 2 saturated carbocycles. The van der Waals surface area contributed by atoms with Gasteiger partial charge in [0.05, 0.1) is 24.9 Å². The van der Waals surface area contributed by atoms with E-state index in [4.69, 9.17) is 4.74 Å². The van der Waals surface area contributed by atoms with Crippen LogP contribution in [-0.4, -0.2) is 48.2 Å². The summed E-state index contributed by atoms with van der Waals surface area (Å²) in [7, 11) is 0. The molecule has 2 rings (SSSR count). The van der Waals surface area contributed by atoms with Gasteiger partial charge in [-0.1, -0.05) is 19.8 Å². The Morgan fingerprint density at radius 2 is 2.05 bits per heavy atom. The minimum absolute atomic E-state index is 0.108. The summed E-state index contributed by atoms with van der Waals surface area (Å²) in [5, 5.41) is 22.7. The quantitative estimate of drug-likeness (QED) is 0.666. The van der Waals surface area contributed by atoms with E-state index >= 15 is 0 Å². The van der Waals surface area contributed by atoms with Crippen LogP contribution in [0.1, 0.15) is 51.9 Å². The van der Waals surface area contributed by atoms with Gasteiger partial charge in [-0.25, -0.2) is 0 Å². The highest BCUT2D eigenvalue weighted by Crippen LogP contribution is 2.26. The Labute approximate surface area is 122 Å². The first-order chi connectivity index (χ1) is 9.63. The predicted molar refractivity (Wildman–Crippen MR) is 79.6 cm³/mol. The molecule has 118 valence electrons. The molecule has 0 amide bonds. The first-order valence-electron chi connectivity index (χ1n) is 8.32. The van der Waals surface area contributed by atoms with Crippen molar-refractivity contribution < 1.29 is 14.9 Å². The van der Waals surface area contributed by atoms with Gasteiger partial charge >= 0.3 is 0 Å². The Hall–Kier alpha value is -0.160. The van der Waals surface area contributed by atoms with E-state index in [1.54, 1.807) is 0 Å². The van der Waals surface area contributed by atoms with Gasteiger partial charge < -0.3 is 20.3 Å². The molecule has 5 atom stereocenters. The average Bonchev–Trinajstić information content (AvgIpc) is 2.82. The normalized spacial score (nSPS) is 36.1. The number of hydrogen-bond donors (Lipinski definition) is 3. The summed E-state index contributed by atoms with van der Waals surface area (Å²) >= 11 is 0. The summed E-state index contributed by atoms with van der Waals surface area (Å²) in [5.41, 5.74) is 0. The maximum Gasteiger partial charge on any atom is 0.0897 e. The summed E-state index contributed by atoms with van der Waals surface area (Å²) in [4.78, 5) is 0. The van der Waals surface area contributed by atoms with Crippen LogP contribution in [0.2, 0.25) is 0 Å². The molecule has 4 heteroatoms. The van der Waals surface area contributed by atoms with Crippen molar-refractivity contribution in [3.8, 4) is 0 Å². The lowest BCUT2D eigenvalue weighted by Gasteiger charge is -2.27. The van der Waals surface area contributed by atoms with Crippen LogP contribution in [0.25, 0.3) is 0 Å². The van der Waals surface area contributed by atoms with Gasteiger partial charge in [-0.3, -0.25) is 0 Å². The van der Waals surface area contributed by atoms with Gasteiger partial charge in [0, 0.05) is 6.54 Å². The number of ether oxygens (including phenoxy) is 1. The van der Waals surface area contributed by atoms with Crippen LogP contribution < -0.4 is 5.32 Å². The Bertz CT molecular complexity index is 274.